The second-order valence-electron chi connectivity index (χ2n) is 2.27. The molecule has 0 bridgehead atoms. The molecule has 0 unspecified atom stereocenters. The van der Waals surface area contributed by atoms with Crippen molar-refractivity contribution in [3.8, 4) is 5.75 Å². The van der Waals surface area contributed by atoms with E-state index in [0.29, 0.717) is 6.54 Å². The lowest BCUT2D eigenvalue weighted by molar-refractivity contribution is 0.410. The Bertz CT molecular complexity index is 317. The molecule has 0 aliphatic heterocycles. The molecule has 3 heteroatoms. The van der Waals surface area contributed by atoms with Gasteiger partial charge < -0.3 is 9.58 Å². The number of nitrogens with zero attached hydrogens (tertiary/aromatic N) is 1. The predicted molar refractivity (Wildman–Crippen MR) is 51.0 cm³/mol. The molecule has 0 spiro atoms. The molecule has 0 saturated carbocycles. The fourth-order valence-corrected chi connectivity index (χ4v) is 1.36. The van der Waals surface area contributed by atoms with Crippen molar-refractivity contribution < 1.29 is 4.74 Å². The van der Waals surface area contributed by atoms with Gasteiger partial charge in [-0.3, -0.25) is 0 Å². The summed E-state index contributed by atoms with van der Waals surface area (Å²) in [6.07, 6.45) is 0. The van der Waals surface area contributed by atoms with Gasteiger partial charge in [-0.2, -0.15) is 0 Å². The Morgan fingerprint density at radius 3 is 2.92 bits per heavy atom. The summed E-state index contributed by atoms with van der Waals surface area (Å²) < 4.78 is 6.06. The minimum Gasteiger partial charge on any atom is -0.496 e. The second-order valence-corrected chi connectivity index (χ2v) is 3.19. The maximum absolute atomic E-state index is 6.74. The molecule has 1 aromatic rings. The summed E-state index contributed by atoms with van der Waals surface area (Å²) in [6, 6.07) is 5.65. The number of rotatable bonds is 2. The van der Waals surface area contributed by atoms with Crippen LogP contribution in [0.15, 0.2) is 22.7 Å². The Morgan fingerprint density at radius 2 is 2.33 bits per heavy atom. The van der Waals surface area contributed by atoms with Crippen molar-refractivity contribution in [2.24, 2.45) is 0 Å². The first-order valence-corrected chi connectivity index (χ1v) is 4.23. The van der Waals surface area contributed by atoms with Crippen molar-refractivity contribution in [2.45, 2.75) is 6.54 Å². The lowest BCUT2D eigenvalue weighted by atomic mass is 10.2. The first-order valence-electron chi connectivity index (χ1n) is 3.43. The highest BCUT2D eigenvalue weighted by Gasteiger charge is 2.04. The zero-order valence-electron chi connectivity index (χ0n) is 6.67. The van der Waals surface area contributed by atoms with E-state index in [1.807, 2.05) is 18.2 Å². The summed E-state index contributed by atoms with van der Waals surface area (Å²) in [5, 5.41) is 0. The molecule has 1 rings (SSSR count). The van der Waals surface area contributed by atoms with E-state index in [0.717, 1.165) is 15.8 Å². The summed E-state index contributed by atoms with van der Waals surface area (Å²) in [5.41, 5.74) is 0.918. The molecule has 1 aromatic carbocycles. The third-order valence-corrected chi connectivity index (χ3v) is 1.99. The molecule has 0 fully saturated rings. The molecular formula is C9H8BrNO. The van der Waals surface area contributed by atoms with Crippen molar-refractivity contribution in [1.29, 1.82) is 0 Å². The molecule has 0 saturated heterocycles. The van der Waals surface area contributed by atoms with Gasteiger partial charge in [-0.1, -0.05) is 15.9 Å². The van der Waals surface area contributed by atoms with Crippen LogP contribution >= 0.6 is 15.9 Å². The smallest absolute Gasteiger partial charge is 0.243 e. The lowest BCUT2D eigenvalue weighted by Gasteiger charge is -2.03. The number of hydrogen-bond donors (Lipinski definition) is 0. The van der Waals surface area contributed by atoms with Crippen LogP contribution in [0.25, 0.3) is 4.85 Å². The van der Waals surface area contributed by atoms with Gasteiger partial charge in [-0.05, 0) is 18.2 Å². The van der Waals surface area contributed by atoms with E-state index >= 15 is 0 Å². The summed E-state index contributed by atoms with van der Waals surface area (Å²) in [6.45, 7) is 7.10. The van der Waals surface area contributed by atoms with Crippen molar-refractivity contribution in [2.75, 3.05) is 7.11 Å². The zero-order valence-corrected chi connectivity index (χ0v) is 8.26. The van der Waals surface area contributed by atoms with Gasteiger partial charge in [0, 0.05) is 4.47 Å². The van der Waals surface area contributed by atoms with Gasteiger partial charge in [0.2, 0.25) is 6.54 Å². The Kier molecular flexibility index (Phi) is 3.12. The van der Waals surface area contributed by atoms with Crippen LogP contribution in [0.1, 0.15) is 5.56 Å². The van der Waals surface area contributed by atoms with E-state index in [2.05, 4.69) is 20.8 Å². The minimum atomic E-state index is 0.364. The number of halogens is 1. The minimum absolute atomic E-state index is 0.364. The van der Waals surface area contributed by atoms with E-state index in [4.69, 9.17) is 11.3 Å². The summed E-state index contributed by atoms with van der Waals surface area (Å²) in [7, 11) is 1.61. The summed E-state index contributed by atoms with van der Waals surface area (Å²) in [5.74, 6) is 0.772. The largest absolute Gasteiger partial charge is 0.496 e. The Morgan fingerprint density at radius 1 is 1.58 bits per heavy atom. The highest BCUT2D eigenvalue weighted by atomic mass is 79.9. The molecule has 0 N–H and O–H groups in total. The van der Waals surface area contributed by atoms with Gasteiger partial charge in [0.1, 0.15) is 5.75 Å². The van der Waals surface area contributed by atoms with Gasteiger partial charge in [0.05, 0.1) is 12.7 Å². The molecule has 0 heterocycles. The van der Waals surface area contributed by atoms with E-state index in [1.165, 1.54) is 0 Å². The molecule has 0 aliphatic carbocycles. The standard InChI is InChI=1S/C9H8BrNO/c1-11-6-7-5-8(10)3-4-9(7)12-2/h3-5H,6H2,2H3. The Balaban J connectivity index is 3.05. The molecule has 0 amide bonds. The van der Waals surface area contributed by atoms with Crippen LogP contribution in [0.5, 0.6) is 5.75 Å². The molecular weight excluding hydrogens is 218 g/mol. The summed E-state index contributed by atoms with van der Waals surface area (Å²) >= 11 is 3.34. The van der Waals surface area contributed by atoms with Crippen molar-refractivity contribution >= 4 is 15.9 Å². The van der Waals surface area contributed by atoms with E-state index < -0.39 is 0 Å². The van der Waals surface area contributed by atoms with Gasteiger partial charge in [-0.15, -0.1) is 0 Å². The van der Waals surface area contributed by atoms with Gasteiger partial charge in [0.25, 0.3) is 0 Å². The van der Waals surface area contributed by atoms with Gasteiger partial charge in [-0.25, -0.2) is 6.57 Å². The van der Waals surface area contributed by atoms with Crippen LogP contribution in [0.2, 0.25) is 0 Å². The predicted octanol–water partition coefficient (Wildman–Crippen LogP) is 2.88. The maximum atomic E-state index is 6.74. The van der Waals surface area contributed by atoms with Gasteiger partial charge in [0.15, 0.2) is 0 Å². The van der Waals surface area contributed by atoms with Crippen LogP contribution < -0.4 is 4.74 Å². The van der Waals surface area contributed by atoms with E-state index in [-0.39, 0.29) is 0 Å². The van der Waals surface area contributed by atoms with Gasteiger partial charge >= 0.3 is 0 Å². The monoisotopic (exact) mass is 225 g/mol. The van der Waals surface area contributed by atoms with Crippen LogP contribution in [0.3, 0.4) is 0 Å². The van der Waals surface area contributed by atoms with Crippen LogP contribution in [-0.4, -0.2) is 7.11 Å². The lowest BCUT2D eigenvalue weighted by Crippen LogP contribution is -1.89. The quantitative estimate of drug-likeness (QED) is 0.707. The third kappa shape index (κ3) is 1.99. The average molecular weight is 226 g/mol. The Hall–Kier alpha value is -1.01. The highest BCUT2D eigenvalue weighted by Crippen LogP contribution is 2.23. The topological polar surface area (TPSA) is 13.6 Å². The number of methoxy groups -OCH3 is 1. The van der Waals surface area contributed by atoms with E-state index in [9.17, 15) is 0 Å². The van der Waals surface area contributed by atoms with E-state index in [1.54, 1.807) is 7.11 Å². The Labute approximate surface area is 80.1 Å². The molecule has 2 nitrogen and oxygen atoms in total. The van der Waals surface area contributed by atoms with Crippen LogP contribution in [-0.2, 0) is 6.54 Å². The normalized spacial score (nSPS) is 9.08. The summed E-state index contributed by atoms with van der Waals surface area (Å²) in [4.78, 5) is 3.30. The number of ether oxygens (including phenoxy) is 1. The molecule has 12 heavy (non-hydrogen) atoms. The second kappa shape index (κ2) is 4.13. The first-order chi connectivity index (χ1) is 5.77. The molecule has 0 atom stereocenters. The first kappa shape index (κ1) is 9.08. The van der Waals surface area contributed by atoms with Crippen LogP contribution in [0, 0.1) is 6.57 Å². The SMILES string of the molecule is [C-]#[N+]Cc1cc(Br)ccc1OC. The molecule has 0 radical (unpaired) electrons. The number of hydrogen-bond acceptors (Lipinski definition) is 1. The van der Waals surface area contributed by atoms with Crippen molar-refractivity contribution in [3.63, 3.8) is 0 Å². The van der Waals surface area contributed by atoms with Crippen molar-refractivity contribution in [1.82, 2.24) is 0 Å². The maximum Gasteiger partial charge on any atom is 0.243 e. The fraction of sp³-hybridized carbons (Fsp3) is 0.222. The highest BCUT2D eigenvalue weighted by molar-refractivity contribution is 9.10. The molecule has 62 valence electrons. The average Bonchev–Trinajstić information content (AvgIpc) is 2.05. The zero-order chi connectivity index (χ0) is 8.97. The number of benzene rings is 1. The van der Waals surface area contributed by atoms with Crippen LogP contribution in [0.4, 0.5) is 0 Å². The molecule has 0 aromatic heterocycles. The molecule has 0 aliphatic rings. The van der Waals surface area contributed by atoms with Crippen molar-refractivity contribution in [3.05, 3.63) is 39.7 Å². The fourth-order valence-electron chi connectivity index (χ4n) is 0.956. The third-order valence-electron chi connectivity index (χ3n) is 1.49.